The van der Waals surface area contributed by atoms with Gasteiger partial charge < -0.3 is 5.73 Å². The van der Waals surface area contributed by atoms with E-state index < -0.39 is 34.6 Å². The maximum Gasteiger partial charge on any atom is 0.200 e. The third kappa shape index (κ3) is 2.20. The molecule has 2 rings (SSSR count). The van der Waals surface area contributed by atoms with Crippen LogP contribution >= 0.6 is 0 Å². The number of halogens is 5. The molecule has 0 saturated carbocycles. The van der Waals surface area contributed by atoms with Crippen molar-refractivity contribution >= 4 is 0 Å². The molecule has 1 aromatic carbocycles. The lowest BCUT2D eigenvalue weighted by Gasteiger charge is -2.16. The summed E-state index contributed by atoms with van der Waals surface area (Å²) in [6, 6.07) is -0.133. The van der Waals surface area contributed by atoms with E-state index in [0.717, 1.165) is 0 Å². The predicted molar refractivity (Wildman–Crippen MR) is 54.1 cm³/mol. The summed E-state index contributed by atoms with van der Waals surface area (Å²) in [5.41, 5.74) is 4.80. The summed E-state index contributed by atoms with van der Waals surface area (Å²) in [5, 5.41) is 0. The molecule has 1 aliphatic rings. The first-order valence-corrected chi connectivity index (χ1v) is 5.40. The number of nitrogens with zero attached hydrogens (tertiary/aromatic N) is 1. The van der Waals surface area contributed by atoms with Gasteiger partial charge in [0.25, 0.3) is 0 Å². The molecule has 1 atom stereocenters. The van der Waals surface area contributed by atoms with Crippen molar-refractivity contribution in [2.45, 2.75) is 19.0 Å². The largest absolute Gasteiger partial charge is 0.326 e. The van der Waals surface area contributed by atoms with E-state index in [1.54, 1.807) is 4.90 Å². The van der Waals surface area contributed by atoms with E-state index in [1.807, 2.05) is 0 Å². The second-order valence-corrected chi connectivity index (χ2v) is 4.33. The highest BCUT2D eigenvalue weighted by Gasteiger charge is 2.28. The van der Waals surface area contributed by atoms with Crippen LogP contribution in [0.2, 0.25) is 0 Å². The van der Waals surface area contributed by atoms with Gasteiger partial charge in [-0.25, -0.2) is 22.0 Å². The van der Waals surface area contributed by atoms with Gasteiger partial charge in [0.2, 0.25) is 5.82 Å². The van der Waals surface area contributed by atoms with Gasteiger partial charge in [0, 0.05) is 31.2 Å². The third-order valence-corrected chi connectivity index (χ3v) is 2.99. The fourth-order valence-corrected chi connectivity index (χ4v) is 2.02. The van der Waals surface area contributed by atoms with Crippen molar-refractivity contribution < 1.29 is 22.0 Å². The molecule has 1 aromatic rings. The molecule has 1 fully saturated rings. The molecule has 7 heteroatoms. The molecule has 0 aromatic heterocycles. The first-order chi connectivity index (χ1) is 8.41. The SMILES string of the molecule is N[C@@H]1CCN(Cc2c(F)c(F)c(F)c(F)c2F)C1. The molecule has 1 aliphatic heterocycles. The van der Waals surface area contributed by atoms with E-state index in [4.69, 9.17) is 5.73 Å². The van der Waals surface area contributed by atoms with E-state index in [-0.39, 0.29) is 12.6 Å². The molecule has 18 heavy (non-hydrogen) atoms. The fraction of sp³-hybridized carbons (Fsp3) is 0.455. The molecule has 1 heterocycles. The van der Waals surface area contributed by atoms with E-state index >= 15 is 0 Å². The van der Waals surface area contributed by atoms with Crippen molar-refractivity contribution in [3.8, 4) is 0 Å². The Morgan fingerprint density at radius 1 is 0.944 bits per heavy atom. The molecule has 100 valence electrons. The van der Waals surface area contributed by atoms with E-state index in [2.05, 4.69) is 0 Å². The number of hydrogen-bond acceptors (Lipinski definition) is 2. The van der Waals surface area contributed by atoms with Gasteiger partial charge in [-0.15, -0.1) is 0 Å². The van der Waals surface area contributed by atoms with E-state index in [1.165, 1.54) is 0 Å². The molecule has 1 saturated heterocycles. The topological polar surface area (TPSA) is 29.3 Å². The van der Waals surface area contributed by atoms with E-state index in [0.29, 0.717) is 19.5 Å². The van der Waals surface area contributed by atoms with Gasteiger partial charge in [0.15, 0.2) is 23.3 Å². The zero-order chi connectivity index (χ0) is 13.4. The van der Waals surface area contributed by atoms with Crippen molar-refractivity contribution in [3.63, 3.8) is 0 Å². The first kappa shape index (κ1) is 13.2. The quantitative estimate of drug-likeness (QED) is 0.503. The van der Waals surface area contributed by atoms with Crippen molar-refractivity contribution in [2.24, 2.45) is 5.73 Å². The molecule has 0 spiro atoms. The molecular weight excluding hydrogens is 255 g/mol. The highest BCUT2D eigenvalue weighted by molar-refractivity contribution is 5.24. The first-order valence-electron chi connectivity index (χ1n) is 5.40. The van der Waals surface area contributed by atoms with Crippen LogP contribution in [-0.4, -0.2) is 24.0 Å². The van der Waals surface area contributed by atoms with Crippen LogP contribution in [0, 0.1) is 29.1 Å². The zero-order valence-corrected chi connectivity index (χ0v) is 9.32. The minimum atomic E-state index is -2.13. The van der Waals surface area contributed by atoms with Crippen LogP contribution < -0.4 is 5.73 Å². The Kier molecular flexibility index (Phi) is 3.54. The maximum absolute atomic E-state index is 13.4. The second-order valence-electron chi connectivity index (χ2n) is 4.33. The molecule has 2 N–H and O–H groups in total. The summed E-state index contributed by atoms with van der Waals surface area (Å²) < 4.78 is 65.5. The van der Waals surface area contributed by atoms with Gasteiger partial charge in [-0.05, 0) is 6.42 Å². The maximum atomic E-state index is 13.4. The molecule has 0 bridgehead atoms. The lowest BCUT2D eigenvalue weighted by molar-refractivity contribution is 0.299. The molecule has 2 nitrogen and oxygen atoms in total. The Morgan fingerprint density at radius 2 is 1.44 bits per heavy atom. The summed E-state index contributed by atoms with van der Waals surface area (Å²) in [6.07, 6.45) is 0.634. The summed E-state index contributed by atoms with van der Waals surface area (Å²) in [4.78, 5) is 1.56. The molecule has 0 aliphatic carbocycles. The summed E-state index contributed by atoms with van der Waals surface area (Å²) >= 11 is 0. The van der Waals surface area contributed by atoms with Crippen LogP contribution in [-0.2, 0) is 6.54 Å². The standard InChI is InChI=1S/C11H11F5N2/c12-7-6(4-18-2-1-5(17)3-18)8(13)10(15)11(16)9(7)14/h5H,1-4,17H2/t5-/m1/s1. The molecule has 0 radical (unpaired) electrons. The van der Waals surface area contributed by atoms with Crippen LogP contribution in [0.15, 0.2) is 0 Å². The molecular formula is C11H11F5N2. The van der Waals surface area contributed by atoms with Gasteiger partial charge in [-0.1, -0.05) is 0 Å². The third-order valence-electron chi connectivity index (χ3n) is 2.99. The van der Waals surface area contributed by atoms with Crippen molar-refractivity contribution in [1.82, 2.24) is 4.90 Å². The minimum absolute atomic E-state index is 0.133. The minimum Gasteiger partial charge on any atom is -0.326 e. The predicted octanol–water partition coefficient (Wildman–Crippen LogP) is 1.92. The van der Waals surface area contributed by atoms with Crippen molar-refractivity contribution in [3.05, 3.63) is 34.6 Å². The lowest BCUT2D eigenvalue weighted by Crippen LogP contribution is -2.27. The Balaban J connectivity index is 2.33. The highest BCUT2D eigenvalue weighted by Crippen LogP contribution is 2.25. The molecule has 0 amide bonds. The van der Waals surface area contributed by atoms with Gasteiger partial charge in [0.1, 0.15) is 0 Å². The van der Waals surface area contributed by atoms with Crippen LogP contribution in [0.25, 0.3) is 0 Å². The highest BCUT2D eigenvalue weighted by atomic mass is 19.2. The number of benzene rings is 1. The number of nitrogens with two attached hydrogens (primary N) is 1. The monoisotopic (exact) mass is 266 g/mol. The zero-order valence-electron chi connectivity index (χ0n) is 9.32. The second kappa shape index (κ2) is 4.81. The number of likely N-dealkylation sites (tertiary alicyclic amines) is 1. The normalized spacial score (nSPS) is 20.7. The van der Waals surface area contributed by atoms with Gasteiger partial charge in [-0.3, -0.25) is 4.90 Å². The Hall–Kier alpha value is -1.21. The van der Waals surface area contributed by atoms with E-state index in [9.17, 15) is 22.0 Å². The van der Waals surface area contributed by atoms with Gasteiger partial charge in [-0.2, -0.15) is 0 Å². The summed E-state index contributed by atoms with van der Waals surface area (Å²) in [6.45, 7) is 0.514. The van der Waals surface area contributed by atoms with Crippen LogP contribution in [0.1, 0.15) is 12.0 Å². The van der Waals surface area contributed by atoms with Gasteiger partial charge in [0.05, 0.1) is 0 Å². The number of rotatable bonds is 2. The summed E-state index contributed by atoms with van der Waals surface area (Å²) in [7, 11) is 0. The van der Waals surface area contributed by atoms with Crippen LogP contribution in [0.3, 0.4) is 0 Å². The average Bonchev–Trinajstić information content (AvgIpc) is 2.75. The van der Waals surface area contributed by atoms with Crippen molar-refractivity contribution in [1.29, 1.82) is 0 Å². The Labute approximate surface area is 100 Å². The molecule has 0 unspecified atom stereocenters. The Bertz CT molecular complexity index is 448. The lowest BCUT2D eigenvalue weighted by atomic mass is 10.1. The van der Waals surface area contributed by atoms with Crippen molar-refractivity contribution in [2.75, 3.05) is 13.1 Å². The summed E-state index contributed by atoms with van der Waals surface area (Å²) in [5.74, 6) is -9.49. The smallest absolute Gasteiger partial charge is 0.200 e. The van der Waals surface area contributed by atoms with Crippen LogP contribution in [0.4, 0.5) is 22.0 Å². The van der Waals surface area contributed by atoms with Gasteiger partial charge >= 0.3 is 0 Å². The fourth-order valence-electron chi connectivity index (χ4n) is 2.02. The number of hydrogen-bond donors (Lipinski definition) is 1. The average molecular weight is 266 g/mol. The van der Waals surface area contributed by atoms with Crippen LogP contribution in [0.5, 0.6) is 0 Å². The Morgan fingerprint density at radius 3 is 1.89 bits per heavy atom.